The third kappa shape index (κ3) is 4.11. The van der Waals surface area contributed by atoms with Crippen LogP contribution in [0.1, 0.15) is 11.6 Å². The average molecular weight is 290 g/mol. The summed E-state index contributed by atoms with van der Waals surface area (Å²) in [7, 11) is 1.80. The Balaban J connectivity index is 1.72. The van der Waals surface area contributed by atoms with Gasteiger partial charge in [0, 0.05) is 36.0 Å². The lowest BCUT2D eigenvalue weighted by Gasteiger charge is -2.10. The van der Waals surface area contributed by atoms with Crippen LogP contribution in [0.5, 0.6) is 0 Å². The van der Waals surface area contributed by atoms with Crippen LogP contribution >= 0.6 is 11.8 Å². The highest BCUT2D eigenvalue weighted by molar-refractivity contribution is 7.99. The molecule has 106 valence electrons. The molecule has 0 saturated carbocycles. The zero-order valence-electron chi connectivity index (χ0n) is 11.3. The number of nitrogens with two attached hydrogens (primary N) is 1. The highest BCUT2D eigenvalue weighted by atomic mass is 32.2. The zero-order chi connectivity index (χ0) is 14.4. The van der Waals surface area contributed by atoms with E-state index in [0.29, 0.717) is 6.54 Å². The van der Waals surface area contributed by atoms with Gasteiger partial charge in [-0.15, -0.1) is 11.8 Å². The van der Waals surface area contributed by atoms with Gasteiger partial charge in [0.25, 0.3) is 0 Å². The van der Waals surface area contributed by atoms with E-state index in [1.54, 1.807) is 35.9 Å². The monoisotopic (exact) mass is 290 g/mol. The van der Waals surface area contributed by atoms with Crippen LogP contribution in [0.25, 0.3) is 0 Å². The molecule has 1 heterocycles. The average Bonchev–Trinajstić information content (AvgIpc) is 2.90. The number of carbonyl (C=O) groups excluding carboxylic acids is 1. The van der Waals surface area contributed by atoms with Crippen molar-refractivity contribution in [2.24, 2.45) is 12.8 Å². The molecule has 2 rings (SSSR count). The maximum Gasteiger partial charge on any atom is 0.241 e. The largest absolute Gasteiger partial charge is 0.354 e. The van der Waals surface area contributed by atoms with Crippen molar-refractivity contribution < 1.29 is 4.79 Å². The molecule has 0 aliphatic rings. The number of aryl methyl sites for hydroxylation is 1. The highest BCUT2D eigenvalue weighted by Gasteiger charge is 2.16. The Labute approximate surface area is 122 Å². The fourth-order valence-corrected chi connectivity index (χ4v) is 2.51. The third-order valence-corrected chi connectivity index (χ3v) is 3.79. The first-order valence-electron chi connectivity index (χ1n) is 6.36. The first-order chi connectivity index (χ1) is 9.66. The minimum absolute atomic E-state index is 0.174. The van der Waals surface area contributed by atoms with Crippen molar-refractivity contribution in [2.45, 2.75) is 10.9 Å². The van der Waals surface area contributed by atoms with E-state index in [0.717, 1.165) is 11.3 Å². The number of amides is 1. The summed E-state index contributed by atoms with van der Waals surface area (Å²) in [6.45, 7) is 0.590. The number of hydrogen-bond acceptors (Lipinski definition) is 4. The molecule has 1 amide bonds. The summed E-state index contributed by atoms with van der Waals surface area (Å²) >= 11 is 1.70. The number of nitrogens with one attached hydrogen (secondary N) is 1. The molecule has 1 aromatic heterocycles. The topological polar surface area (TPSA) is 72.9 Å². The van der Waals surface area contributed by atoms with Crippen LogP contribution in [-0.2, 0) is 11.8 Å². The standard InChI is InChI=1S/C14H18N4OS/c1-18-10-11(9-17-18)13(15)14(19)16-7-8-20-12-5-3-2-4-6-12/h2-6,9-10,13H,7-8,15H2,1H3,(H,16,19). The summed E-state index contributed by atoms with van der Waals surface area (Å²) in [5.41, 5.74) is 6.60. The van der Waals surface area contributed by atoms with Gasteiger partial charge in [-0.05, 0) is 12.1 Å². The Morgan fingerprint density at radius 1 is 1.45 bits per heavy atom. The molecular formula is C14H18N4OS. The molecule has 1 atom stereocenters. The maximum absolute atomic E-state index is 11.9. The van der Waals surface area contributed by atoms with E-state index in [2.05, 4.69) is 10.4 Å². The van der Waals surface area contributed by atoms with Gasteiger partial charge in [0.2, 0.25) is 5.91 Å². The predicted molar refractivity (Wildman–Crippen MR) is 80.3 cm³/mol. The molecule has 0 radical (unpaired) electrons. The molecule has 0 aliphatic carbocycles. The van der Waals surface area contributed by atoms with E-state index in [-0.39, 0.29) is 5.91 Å². The summed E-state index contributed by atoms with van der Waals surface area (Å²) in [6.07, 6.45) is 3.37. The molecule has 2 aromatic rings. The van der Waals surface area contributed by atoms with Gasteiger partial charge in [-0.2, -0.15) is 5.10 Å². The molecule has 1 unspecified atom stereocenters. The molecule has 0 saturated heterocycles. The molecule has 20 heavy (non-hydrogen) atoms. The van der Waals surface area contributed by atoms with Gasteiger partial charge in [0.1, 0.15) is 6.04 Å². The van der Waals surface area contributed by atoms with E-state index in [9.17, 15) is 4.79 Å². The zero-order valence-corrected chi connectivity index (χ0v) is 12.1. The number of hydrogen-bond donors (Lipinski definition) is 2. The summed E-state index contributed by atoms with van der Waals surface area (Å²) in [4.78, 5) is 13.1. The first-order valence-corrected chi connectivity index (χ1v) is 7.35. The number of thioether (sulfide) groups is 1. The summed E-state index contributed by atoms with van der Waals surface area (Å²) < 4.78 is 1.63. The van der Waals surface area contributed by atoms with E-state index < -0.39 is 6.04 Å². The van der Waals surface area contributed by atoms with Crippen LogP contribution in [0.4, 0.5) is 0 Å². The van der Waals surface area contributed by atoms with Crippen molar-refractivity contribution in [2.75, 3.05) is 12.3 Å². The predicted octanol–water partition coefficient (Wildman–Crippen LogP) is 1.33. The molecular weight excluding hydrogens is 272 g/mol. The van der Waals surface area contributed by atoms with Gasteiger partial charge >= 0.3 is 0 Å². The van der Waals surface area contributed by atoms with Crippen molar-refractivity contribution in [1.29, 1.82) is 0 Å². The minimum Gasteiger partial charge on any atom is -0.354 e. The van der Waals surface area contributed by atoms with Crippen molar-refractivity contribution in [3.63, 3.8) is 0 Å². The summed E-state index contributed by atoms with van der Waals surface area (Å²) in [5, 5.41) is 6.85. The lowest BCUT2D eigenvalue weighted by molar-refractivity contribution is -0.122. The second-order valence-electron chi connectivity index (χ2n) is 4.38. The van der Waals surface area contributed by atoms with Gasteiger partial charge in [-0.1, -0.05) is 18.2 Å². The number of carbonyl (C=O) groups is 1. The molecule has 0 fully saturated rings. The Bertz CT molecular complexity index is 555. The second-order valence-corrected chi connectivity index (χ2v) is 5.55. The van der Waals surface area contributed by atoms with Gasteiger partial charge in [-0.3, -0.25) is 9.48 Å². The van der Waals surface area contributed by atoms with Crippen LogP contribution in [0, 0.1) is 0 Å². The Morgan fingerprint density at radius 2 is 2.20 bits per heavy atom. The maximum atomic E-state index is 11.9. The molecule has 3 N–H and O–H groups in total. The molecule has 0 spiro atoms. The SMILES string of the molecule is Cn1cc(C(N)C(=O)NCCSc2ccccc2)cn1. The van der Waals surface area contributed by atoms with Gasteiger partial charge < -0.3 is 11.1 Å². The Kier molecular flexibility index (Phi) is 5.20. The molecule has 1 aromatic carbocycles. The summed E-state index contributed by atoms with van der Waals surface area (Å²) in [5.74, 6) is 0.641. The van der Waals surface area contributed by atoms with E-state index in [1.165, 1.54) is 4.90 Å². The van der Waals surface area contributed by atoms with Crippen LogP contribution in [-0.4, -0.2) is 28.0 Å². The smallest absolute Gasteiger partial charge is 0.241 e. The minimum atomic E-state index is -0.662. The fourth-order valence-electron chi connectivity index (χ4n) is 1.72. The fraction of sp³-hybridized carbons (Fsp3) is 0.286. The van der Waals surface area contributed by atoms with Crippen molar-refractivity contribution in [1.82, 2.24) is 15.1 Å². The highest BCUT2D eigenvalue weighted by Crippen LogP contribution is 2.16. The van der Waals surface area contributed by atoms with Gasteiger partial charge in [0.15, 0.2) is 0 Å². The normalized spacial score (nSPS) is 12.1. The van der Waals surface area contributed by atoms with Crippen molar-refractivity contribution in [3.05, 3.63) is 48.3 Å². The summed E-state index contributed by atoms with van der Waals surface area (Å²) in [6, 6.07) is 9.42. The van der Waals surface area contributed by atoms with Gasteiger partial charge in [-0.25, -0.2) is 0 Å². The lowest BCUT2D eigenvalue weighted by atomic mass is 10.1. The second kappa shape index (κ2) is 7.12. The molecule has 5 nitrogen and oxygen atoms in total. The van der Waals surface area contributed by atoms with Crippen LogP contribution in [0.3, 0.4) is 0 Å². The third-order valence-electron chi connectivity index (χ3n) is 2.78. The molecule has 6 heteroatoms. The lowest BCUT2D eigenvalue weighted by Crippen LogP contribution is -2.35. The van der Waals surface area contributed by atoms with Gasteiger partial charge in [0.05, 0.1) is 6.20 Å². The van der Waals surface area contributed by atoms with E-state index >= 15 is 0 Å². The number of benzene rings is 1. The van der Waals surface area contributed by atoms with E-state index in [1.807, 2.05) is 30.3 Å². The molecule has 0 aliphatic heterocycles. The van der Waals surface area contributed by atoms with Crippen LogP contribution < -0.4 is 11.1 Å². The Hall–Kier alpha value is -1.79. The molecule has 0 bridgehead atoms. The van der Waals surface area contributed by atoms with Crippen LogP contribution in [0.2, 0.25) is 0 Å². The first kappa shape index (κ1) is 14.6. The van der Waals surface area contributed by atoms with Crippen molar-refractivity contribution >= 4 is 17.7 Å². The number of nitrogens with zero attached hydrogens (tertiary/aromatic N) is 2. The van der Waals surface area contributed by atoms with Crippen molar-refractivity contribution in [3.8, 4) is 0 Å². The van der Waals surface area contributed by atoms with E-state index in [4.69, 9.17) is 5.73 Å². The number of rotatable bonds is 6. The number of aromatic nitrogens is 2. The Morgan fingerprint density at radius 3 is 2.85 bits per heavy atom. The van der Waals surface area contributed by atoms with Crippen LogP contribution in [0.15, 0.2) is 47.6 Å². The quantitative estimate of drug-likeness (QED) is 0.622.